The van der Waals surface area contributed by atoms with E-state index in [1.807, 2.05) is 12.2 Å². The Balaban J connectivity index is 1.88. The first-order valence-corrected chi connectivity index (χ1v) is 6.66. The summed E-state index contributed by atoms with van der Waals surface area (Å²) < 4.78 is 18.8. The van der Waals surface area contributed by atoms with Crippen LogP contribution in [0, 0.1) is 5.82 Å². The Bertz CT molecular complexity index is 641. The van der Waals surface area contributed by atoms with Crippen LogP contribution >= 0.6 is 15.9 Å². The topological polar surface area (TPSA) is 64.9 Å². The smallest absolute Gasteiger partial charge is 0.233 e. The molecule has 0 aliphatic heterocycles. The zero-order valence-electron chi connectivity index (χ0n) is 9.88. The standard InChI is InChI=1S/C13H11BrFN3O/c14-10-6-7(2-4-11(10)15)12-17-13(19-18-12)8-1-3-9(16)5-8/h1-4,6,8-9H,5,16H2. The summed E-state index contributed by atoms with van der Waals surface area (Å²) in [6.07, 6.45) is 4.68. The van der Waals surface area contributed by atoms with E-state index in [0.29, 0.717) is 21.8 Å². The van der Waals surface area contributed by atoms with Gasteiger partial charge in [-0.1, -0.05) is 17.3 Å². The Morgan fingerprint density at radius 2 is 2.21 bits per heavy atom. The Labute approximate surface area is 117 Å². The molecule has 1 aromatic heterocycles. The fraction of sp³-hybridized carbons (Fsp3) is 0.231. The number of halogens is 2. The lowest BCUT2D eigenvalue weighted by Crippen LogP contribution is -2.14. The lowest BCUT2D eigenvalue weighted by atomic mass is 10.1. The van der Waals surface area contributed by atoms with Gasteiger partial charge in [-0.15, -0.1) is 0 Å². The summed E-state index contributed by atoms with van der Waals surface area (Å²) in [7, 11) is 0. The van der Waals surface area contributed by atoms with Crippen LogP contribution in [-0.4, -0.2) is 16.2 Å². The predicted octanol–water partition coefficient (Wildman–Crippen LogP) is 3.01. The zero-order chi connectivity index (χ0) is 13.4. The van der Waals surface area contributed by atoms with Crippen molar-refractivity contribution in [1.29, 1.82) is 0 Å². The van der Waals surface area contributed by atoms with E-state index in [0.717, 1.165) is 6.42 Å². The van der Waals surface area contributed by atoms with Crippen LogP contribution in [0.5, 0.6) is 0 Å². The molecule has 0 saturated carbocycles. The summed E-state index contributed by atoms with van der Waals surface area (Å²) in [5.41, 5.74) is 6.50. The molecule has 2 unspecified atom stereocenters. The van der Waals surface area contributed by atoms with Gasteiger partial charge in [-0.3, -0.25) is 0 Å². The summed E-state index contributed by atoms with van der Waals surface area (Å²) >= 11 is 3.14. The summed E-state index contributed by atoms with van der Waals surface area (Å²) in [6, 6.07) is 4.65. The van der Waals surface area contributed by atoms with Gasteiger partial charge in [0, 0.05) is 11.6 Å². The van der Waals surface area contributed by atoms with E-state index in [4.69, 9.17) is 10.3 Å². The van der Waals surface area contributed by atoms with Gasteiger partial charge in [0.1, 0.15) is 5.82 Å². The molecule has 0 bridgehead atoms. The van der Waals surface area contributed by atoms with E-state index < -0.39 is 0 Å². The number of hydrogen-bond donors (Lipinski definition) is 1. The molecular formula is C13H11BrFN3O. The van der Waals surface area contributed by atoms with Crippen LogP contribution in [0.2, 0.25) is 0 Å². The van der Waals surface area contributed by atoms with Crippen LogP contribution in [0.3, 0.4) is 0 Å². The number of nitrogens with two attached hydrogens (primary N) is 1. The first kappa shape index (κ1) is 12.5. The molecule has 0 radical (unpaired) electrons. The molecule has 0 amide bonds. The normalized spacial score (nSPS) is 22.1. The maximum atomic E-state index is 13.2. The van der Waals surface area contributed by atoms with Gasteiger partial charge in [-0.2, -0.15) is 4.98 Å². The van der Waals surface area contributed by atoms with Crippen molar-refractivity contribution in [3.8, 4) is 11.4 Å². The minimum Gasteiger partial charge on any atom is -0.338 e. The Morgan fingerprint density at radius 3 is 2.89 bits per heavy atom. The zero-order valence-corrected chi connectivity index (χ0v) is 11.5. The van der Waals surface area contributed by atoms with Crippen molar-refractivity contribution in [2.45, 2.75) is 18.4 Å². The lowest BCUT2D eigenvalue weighted by molar-refractivity contribution is 0.365. The van der Waals surface area contributed by atoms with Gasteiger partial charge in [0.15, 0.2) is 0 Å². The molecule has 1 heterocycles. The molecule has 4 nitrogen and oxygen atoms in total. The van der Waals surface area contributed by atoms with E-state index in [1.54, 1.807) is 12.1 Å². The van der Waals surface area contributed by atoms with E-state index in [9.17, 15) is 4.39 Å². The van der Waals surface area contributed by atoms with Gasteiger partial charge < -0.3 is 10.3 Å². The van der Waals surface area contributed by atoms with Crippen molar-refractivity contribution < 1.29 is 8.91 Å². The molecule has 98 valence electrons. The molecule has 6 heteroatoms. The average Bonchev–Trinajstić information content (AvgIpc) is 3.01. The van der Waals surface area contributed by atoms with Crippen LogP contribution in [0.4, 0.5) is 4.39 Å². The monoisotopic (exact) mass is 323 g/mol. The molecule has 0 spiro atoms. The molecule has 1 aliphatic carbocycles. The van der Waals surface area contributed by atoms with Crippen molar-refractivity contribution in [3.05, 3.63) is 46.5 Å². The molecule has 2 aromatic rings. The Kier molecular flexibility index (Phi) is 3.20. The highest BCUT2D eigenvalue weighted by molar-refractivity contribution is 9.10. The van der Waals surface area contributed by atoms with Gasteiger partial charge >= 0.3 is 0 Å². The summed E-state index contributed by atoms with van der Waals surface area (Å²) in [5, 5.41) is 3.92. The Hall–Kier alpha value is -1.53. The number of rotatable bonds is 2. The number of benzene rings is 1. The second-order valence-corrected chi connectivity index (χ2v) is 5.33. The minimum absolute atomic E-state index is 0.0420. The van der Waals surface area contributed by atoms with Crippen LogP contribution in [-0.2, 0) is 0 Å². The first-order valence-electron chi connectivity index (χ1n) is 5.86. The third-order valence-corrected chi connectivity index (χ3v) is 3.66. The van der Waals surface area contributed by atoms with Crippen LogP contribution < -0.4 is 5.73 Å². The van der Waals surface area contributed by atoms with Crippen molar-refractivity contribution in [2.75, 3.05) is 0 Å². The third kappa shape index (κ3) is 2.46. The maximum Gasteiger partial charge on any atom is 0.233 e. The fourth-order valence-corrected chi connectivity index (χ4v) is 2.43. The van der Waals surface area contributed by atoms with Gasteiger partial charge in [-0.05, 0) is 40.5 Å². The molecule has 1 aliphatic rings. The highest BCUT2D eigenvalue weighted by Gasteiger charge is 2.23. The van der Waals surface area contributed by atoms with Crippen LogP contribution in [0.25, 0.3) is 11.4 Å². The van der Waals surface area contributed by atoms with Crippen LogP contribution in [0.1, 0.15) is 18.2 Å². The molecular weight excluding hydrogens is 313 g/mol. The van der Waals surface area contributed by atoms with Crippen molar-refractivity contribution in [3.63, 3.8) is 0 Å². The Morgan fingerprint density at radius 1 is 1.37 bits per heavy atom. The maximum absolute atomic E-state index is 13.2. The van der Waals surface area contributed by atoms with Gasteiger partial charge in [0.2, 0.25) is 11.7 Å². The predicted molar refractivity (Wildman–Crippen MR) is 71.9 cm³/mol. The molecule has 3 rings (SSSR count). The van der Waals surface area contributed by atoms with E-state index in [-0.39, 0.29) is 17.8 Å². The second-order valence-electron chi connectivity index (χ2n) is 4.48. The largest absolute Gasteiger partial charge is 0.338 e. The van der Waals surface area contributed by atoms with Gasteiger partial charge in [-0.25, -0.2) is 4.39 Å². The molecule has 2 N–H and O–H groups in total. The van der Waals surface area contributed by atoms with Gasteiger partial charge in [0.25, 0.3) is 0 Å². The summed E-state index contributed by atoms with van der Waals surface area (Å²) in [6.45, 7) is 0. The summed E-state index contributed by atoms with van der Waals surface area (Å²) in [4.78, 5) is 4.34. The van der Waals surface area contributed by atoms with Crippen molar-refractivity contribution in [1.82, 2.24) is 10.1 Å². The van der Waals surface area contributed by atoms with E-state index in [2.05, 4.69) is 26.1 Å². The first-order chi connectivity index (χ1) is 9.13. The minimum atomic E-state index is -0.322. The molecule has 0 fully saturated rings. The average molecular weight is 324 g/mol. The van der Waals surface area contributed by atoms with Crippen molar-refractivity contribution >= 4 is 15.9 Å². The lowest BCUT2D eigenvalue weighted by Gasteiger charge is -2.02. The number of aromatic nitrogens is 2. The van der Waals surface area contributed by atoms with Crippen LogP contribution in [0.15, 0.2) is 39.3 Å². The van der Waals surface area contributed by atoms with Gasteiger partial charge in [0.05, 0.1) is 10.4 Å². The highest BCUT2D eigenvalue weighted by Crippen LogP contribution is 2.29. The number of hydrogen-bond acceptors (Lipinski definition) is 4. The highest BCUT2D eigenvalue weighted by atomic mass is 79.9. The van der Waals surface area contributed by atoms with Crippen molar-refractivity contribution in [2.24, 2.45) is 5.73 Å². The van der Waals surface area contributed by atoms with E-state index >= 15 is 0 Å². The molecule has 1 aromatic carbocycles. The quantitative estimate of drug-likeness (QED) is 0.863. The number of nitrogens with zero attached hydrogens (tertiary/aromatic N) is 2. The molecule has 2 atom stereocenters. The molecule has 0 saturated heterocycles. The number of allylic oxidation sites excluding steroid dienone is 1. The summed E-state index contributed by atoms with van der Waals surface area (Å²) in [5.74, 6) is 0.738. The van der Waals surface area contributed by atoms with E-state index in [1.165, 1.54) is 6.07 Å². The second kappa shape index (κ2) is 4.86. The third-order valence-electron chi connectivity index (χ3n) is 3.05. The SMILES string of the molecule is NC1C=CC(c2nc(-c3ccc(F)c(Br)c3)no2)C1. The molecule has 19 heavy (non-hydrogen) atoms. The fourth-order valence-electron chi connectivity index (χ4n) is 2.05.